The molecule has 2 amide bonds. The van der Waals surface area contributed by atoms with E-state index in [9.17, 15) is 14.7 Å². The molecule has 0 aliphatic heterocycles. The first-order valence-corrected chi connectivity index (χ1v) is 6.87. The minimum atomic E-state index is -1.35. The Morgan fingerprint density at radius 2 is 2.00 bits per heavy atom. The van der Waals surface area contributed by atoms with Gasteiger partial charge in [0.25, 0.3) is 11.8 Å². The van der Waals surface area contributed by atoms with Gasteiger partial charge in [0, 0.05) is 17.7 Å². The van der Waals surface area contributed by atoms with Gasteiger partial charge in [0.05, 0.1) is 0 Å². The third-order valence-corrected chi connectivity index (χ3v) is 3.78. The predicted molar refractivity (Wildman–Crippen MR) is 72.1 cm³/mol. The molecule has 1 aliphatic carbocycles. The molecule has 0 spiro atoms. The molecule has 7 heteroatoms. The lowest BCUT2D eigenvalue weighted by Crippen LogP contribution is -2.52. The number of rotatable bonds is 2. The summed E-state index contributed by atoms with van der Waals surface area (Å²) in [7, 11) is 1.73. The fourth-order valence-corrected chi connectivity index (χ4v) is 2.75. The molecule has 1 heterocycles. The minimum absolute atomic E-state index is 0.408. The van der Waals surface area contributed by atoms with E-state index < -0.39 is 17.4 Å². The monoisotopic (exact) mass is 329 g/mol. The molecule has 0 atom stereocenters. The Kier molecular flexibility index (Phi) is 3.96. The number of carbonyl (C=O) groups excluding carboxylic acids is 2. The maximum atomic E-state index is 11.9. The van der Waals surface area contributed by atoms with Crippen molar-refractivity contribution in [3.8, 4) is 0 Å². The van der Waals surface area contributed by atoms with Gasteiger partial charge in [-0.15, -0.1) is 0 Å². The third kappa shape index (κ3) is 2.98. The van der Waals surface area contributed by atoms with Crippen LogP contribution in [0.25, 0.3) is 0 Å². The Bertz CT molecular complexity index is 506. The molecule has 6 nitrogen and oxygen atoms in total. The summed E-state index contributed by atoms with van der Waals surface area (Å²) >= 11 is 3.27. The molecule has 0 bridgehead atoms. The van der Waals surface area contributed by atoms with E-state index >= 15 is 0 Å². The van der Waals surface area contributed by atoms with Gasteiger partial charge in [-0.2, -0.15) is 0 Å². The molecule has 19 heavy (non-hydrogen) atoms. The van der Waals surface area contributed by atoms with Crippen molar-refractivity contribution < 1.29 is 14.7 Å². The summed E-state index contributed by atoms with van der Waals surface area (Å²) in [5.41, 5.74) is 3.66. The van der Waals surface area contributed by atoms with E-state index in [4.69, 9.17) is 0 Å². The van der Waals surface area contributed by atoms with Gasteiger partial charge < -0.3 is 9.67 Å². The van der Waals surface area contributed by atoms with Crippen molar-refractivity contribution in [3.05, 3.63) is 22.4 Å². The average Bonchev–Trinajstić information content (AvgIpc) is 2.93. The Hall–Kier alpha value is -1.34. The van der Waals surface area contributed by atoms with Crippen molar-refractivity contribution in [3.63, 3.8) is 0 Å². The number of aryl methyl sites for hydroxylation is 1. The highest BCUT2D eigenvalue weighted by molar-refractivity contribution is 9.10. The molecule has 2 rings (SSSR count). The van der Waals surface area contributed by atoms with Crippen LogP contribution in [-0.4, -0.2) is 27.1 Å². The van der Waals surface area contributed by atoms with Crippen LogP contribution in [0.5, 0.6) is 0 Å². The first-order chi connectivity index (χ1) is 8.92. The second-order valence-corrected chi connectivity index (χ2v) is 5.72. The van der Waals surface area contributed by atoms with Crippen LogP contribution < -0.4 is 10.9 Å². The number of aromatic nitrogens is 1. The van der Waals surface area contributed by atoms with Crippen LogP contribution in [0.3, 0.4) is 0 Å². The second-order valence-electron chi connectivity index (χ2n) is 4.80. The van der Waals surface area contributed by atoms with E-state index in [1.807, 2.05) is 0 Å². The summed E-state index contributed by atoms with van der Waals surface area (Å²) in [5, 5.41) is 10.0. The molecule has 104 valence electrons. The van der Waals surface area contributed by atoms with Crippen molar-refractivity contribution in [1.82, 2.24) is 15.4 Å². The summed E-state index contributed by atoms with van der Waals surface area (Å²) in [6.45, 7) is 0. The number of hydrogen-bond donors (Lipinski definition) is 3. The molecular weight excluding hydrogens is 314 g/mol. The number of nitrogens with zero attached hydrogens (tertiary/aromatic N) is 1. The zero-order valence-electron chi connectivity index (χ0n) is 10.6. The largest absolute Gasteiger partial charge is 0.380 e. The SMILES string of the molecule is Cn1cc(Br)cc1C(=O)NNC(=O)C1(O)CCCC1. The molecule has 1 aromatic heterocycles. The standard InChI is InChI=1S/C12H16BrN3O3/c1-16-7-8(13)6-9(16)10(17)14-15-11(18)12(19)4-2-3-5-12/h6-7,19H,2-5H2,1H3,(H,14,17)(H,15,18). The van der Waals surface area contributed by atoms with Crippen molar-refractivity contribution in [2.24, 2.45) is 7.05 Å². The Morgan fingerprint density at radius 3 is 2.53 bits per heavy atom. The maximum absolute atomic E-state index is 11.9. The zero-order chi connectivity index (χ0) is 14.0. The van der Waals surface area contributed by atoms with Gasteiger partial charge in [0.15, 0.2) is 0 Å². The highest BCUT2D eigenvalue weighted by Crippen LogP contribution is 2.29. The third-order valence-electron chi connectivity index (χ3n) is 3.35. The first-order valence-electron chi connectivity index (χ1n) is 6.07. The van der Waals surface area contributed by atoms with Crippen molar-refractivity contribution in [2.75, 3.05) is 0 Å². The average molecular weight is 330 g/mol. The number of aliphatic hydroxyl groups is 1. The predicted octanol–water partition coefficient (Wildman–Crippen LogP) is 0.854. The number of amides is 2. The van der Waals surface area contributed by atoms with E-state index in [-0.39, 0.29) is 0 Å². The van der Waals surface area contributed by atoms with E-state index in [0.717, 1.165) is 17.3 Å². The fourth-order valence-electron chi connectivity index (χ4n) is 2.23. The van der Waals surface area contributed by atoms with Gasteiger partial charge in [-0.05, 0) is 47.7 Å². The summed E-state index contributed by atoms with van der Waals surface area (Å²) in [5.74, 6) is -0.977. The van der Waals surface area contributed by atoms with Crippen LogP contribution in [0.1, 0.15) is 36.2 Å². The van der Waals surface area contributed by atoms with Crippen molar-refractivity contribution in [1.29, 1.82) is 0 Å². The summed E-state index contributed by atoms with van der Waals surface area (Å²) in [6.07, 6.45) is 4.25. The van der Waals surface area contributed by atoms with Crippen LogP contribution >= 0.6 is 15.9 Å². The van der Waals surface area contributed by atoms with Crippen LogP contribution in [0.15, 0.2) is 16.7 Å². The molecular formula is C12H16BrN3O3. The lowest BCUT2D eigenvalue weighted by Gasteiger charge is -2.20. The maximum Gasteiger partial charge on any atom is 0.286 e. The summed E-state index contributed by atoms with van der Waals surface area (Å²) < 4.78 is 2.41. The molecule has 1 fully saturated rings. The number of halogens is 1. The number of nitrogens with one attached hydrogen (secondary N) is 2. The zero-order valence-corrected chi connectivity index (χ0v) is 12.2. The quantitative estimate of drug-likeness (QED) is 0.703. The molecule has 0 radical (unpaired) electrons. The van der Waals surface area contributed by atoms with Crippen molar-refractivity contribution >= 4 is 27.7 Å². The highest BCUT2D eigenvalue weighted by Gasteiger charge is 2.39. The molecule has 1 aliphatic rings. The molecule has 0 aromatic carbocycles. The van der Waals surface area contributed by atoms with Crippen LogP contribution in [-0.2, 0) is 11.8 Å². The van der Waals surface area contributed by atoms with E-state index in [2.05, 4.69) is 26.8 Å². The van der Waals surface area contributed by atoms with Gasteiger partial charge in [-0.3, -0.25) is 20.4 Å². The number of carbonyl (C=O) groups is 2. The smallest absolute Gasteiger partial charge is 0.286 e. The van der Waals surface area contributed by atoms with E-state index in [0.29, 0.717) is 18.5 Å². The molecule has 1 aromatic rings. The lowest BCUT2D eigenvalue weighted by atomic mass is 10.0. The topological polar surface area (TPSA) is 83.4 Å². The first kappa shape index (κ1) is 14.1. The van der Waals surface area contributed by atoms with Crippen molar-refractivity contribution in [2.45, 2.75) is 31.3 Å². The van der Waals surface area contributed by atoms with E-state index in [1.165, 1.54) is 0 Å². The second kappa shape index (κ2) is 5.34. The molecule has 0 saturated heterocycles. The van der Waals surface area contributed by atoms with E-state index in [1.54, 1.807) is 23.9 Å². The minimum Gasteiger partial charge on any atom is -0.380 e. The fraction of sp³-hybridized carbons (Fsp3) is 0.500. The Labute approximate surface area is 119 Å². The molecule has 3 N–H and O–H groups in total. The summed E-state index contributed by atoms with van der Waals surface area (Å²) in [6, 6.07) is 1.64. The van der Waals surface area contributed by atoms with Gasteiger partial charge >= 0.3 is 0 Å². The number of hydrogen-bond acceptors (Lipinski definition) is 3. The number of hydrazine groups is 1. The lowest BCUT2D eigenvalue weighted by molar-refractivity contribution is -0.139. The highest BCUT2D eigenvalue weighted by atomic mass is 79.9. The van der Waals surface area contributed by atoms with Crippen LogP contribution in [0.4, 0.5) is 0 Å². The van der Waals surface area contributed by atoms with Gasteiger partial charge in [0.1, 0.15) is 11.3 Å². The normalized spacial score (nSPS) is 17.2. The Balaban J connectivity index is 1.94. The molecule has 1 saturated carbocycles. The summed E-state index contributed by atoms with van der Waals surface area (Å²) in [4.78, 5) is 23.7. The van der Waals surface area contributed by atoms with Crippen LogP contribution in [0.2, 0.25) is 0 Å². The van der Waals surface area contributed by atoms with Gasteiger partial charge in [-0.25, -0.2) is 0 Å². The Morgan fingerprint density at radius 1 is 1.37 bits per heavy atom. The molecule has 0 unspecified atom stereocenters. The van der Waals surface area contributed by atoms with Gasteiger partial charge in [0.2, 0.25) is 0 Å². The van der Waals surface area contributed by atoms with Gasteiger partial charge in [-0.1, -0.05) is 0 Å². The van der Waals surface area contributed by atoms with Crippen LogP contribution in [0, 0.1) is 0 Å².